The van der Waals surface area contributed by atoms with Crippen molar-refractivity contribution in [1.82, 2.24) is 0 Å². The number of nitrogens with zero attached hydrogens (tertiary/aromatic N) is 2. The van der Waals surface area contributed by atoms with Crippen LogP contribution >= 0.6 is 0 Å². The molecule has 0 bridgehead atoms. The molecule has 0 radical (unpaired) electrons. The van der Waals surface area contributed by atoms with Gasteiger partial charge < -0.3 is 5.32 Å². The summed E-state index contributed by atoms with van der Waals surface area (Å²) >= 11 is 0. The van der Waals surface area contributed by atoms with Gasteiger partial charge in [-0.2, -0.15) is 10.2 Å². The summed E-state index contributed by atoms with van der Waals surface area (Å²) in [6.45, 7) is 2.64. The van der Waals surface area contributed by atoms with Gasteiger partial charge in [-0.15, -0.1) is 0 Å². The van der Waals surface area contributed by atoms with Gasteiger partial charge in [-0.1, -0.05) is 6.07 Å². The summed E-state index contributed by atoms with van der Waals surface area (Å²) in [5.41, 5.74) is 3.23. The van der Waals surface area contributed by atoms with E-state index >= 15 is 0 Å². The van der Waals surface area contributed by atoms with Crippen molar-refractivity contribution < 1.29 is 0 Å². The van der Waals surface area contributed by atoms with Crippen LogP contribution in [0.1, 0.15) is 5.56 Å². The first-order valence-corrected chi connectivity index (χ1v) is 3.58. The van der Waals surface area contributed by atoms with Crippen LogP contribution in [-0.2, 0) is 0 Å². The third kappa shape index (κ3) is 1.09. The maximum Gasteiger partial charge on any atom is 0.129 e. The average molecular weight is 147 g/mol. The number of nitrogens with one attached hydrogen (secondary N) is 1. The molecule has 2 rings (SSSR count). The number of anilines is 1. The van der Waals surface area contributed by atoms with E-state index in [-0.39, 0.29) is 0 Å². The largest absolute Gasteiger partial charge is 0.363 e. The first kappa shape index (κ1) is 6.34. The zero-order valence-corrected chi connectivity index (χ0v) is 6.33. The van der Waals surface area contributed by atoms with Gasteiger partial charge in [0.2, 0.25) is 0 Å². The van der Waals surface area contributed by atoms with Crippen LogP contribution < -0.4 is 5.32 Å². The number of hydrogen-bond acceptors (Lipinski definition) is 3. The van der Waals surface area contributed by atoms with Crippen LogP contribution in [0.4, 0.5) is 11.4 Å². The highest BCUT2D eigenvalue weighted by Crippen LogP contribution is 2.28. The summed E-state index contributed by atoms with van der Waals surface area (Å²) in [5, 5.41) is 11.0. The molecule has 0 atom stereocenters. The van der Waals surface area contributed by atoms with Gasteiger partial charge in [-0.25, -0.2) is 0 Å². The first-order valence-electron chi connectivity index (χ1n) is 3.58. The molecule has 0 aliphatic carbocycles. The predicted octanol–water partition coefficient (Wildman–Crippen LogP) is 2.46. The average Bonchev–Trinajstić information content (AvgIpc) is 2.04. The lowest BCUT2D eigenvalue weighted by Gasteiger charge is -2.10. The number of hydrogen-bond donors (Lipinski definition) is 1. The van der Waals surface area contributed by atoms with Gasteiger partial charge in [-0.05, 0) is 24.6 Å². The molecule has 0 fully saturated rings. The monoisotopic (exact) mass is 147 g/mol. The molecule has 1 aliphatic rings. The van der Waals surface area contributed by atoms with Crippen LogP contribution in [0, 0.1) is 6.92 Å². The Morgan fingerprint density at radius 1 is 1.45 bits per heavy atom. The summed E-state index contributed by atoms with van der Waals surface area (Å²) in [6, 6.07) is 6.11. The number of benzene rings is 1. The molecule has 0 spiro atoms. The van der Waals surface area contributed by atoms with Crippen molar-refractivity contribution in [2.45, 2.75) is 6.92 Å². The molecule has 0 unspecified atom stereocenters. The van der Waals surface area contributed by atoms with E-state index in [0.717, 1.165) is 11.4 Å². The molecule has 3 heteroatoms. The number of aryl methyl sites for hydroxylation is 1. The summed E-state index contributed by atoms with van der Waals surface area (Å²) in [5.74, 6) is 0. The van der Waals surface area contributed by atoms with Gasteiger partial charge in [-0.3, -0.25) is 0 Å². The molecular weight excluding hydrogens is 138 g/mol. The van der Waals surface area contributed by atoms with Gasteiger partial charge in [0.15, 0.2) is 0 Å². The lowest BCUT2D eigenvalue weighted by molar-refractivity contribution is 0.982. The molecule has 11 heavy (non-hydrogen) atoms. The van der Waals surface area contributed by atoms with E-state index in [4.69, 9.17) is 0 Å². The van der Waals surface area contributed by atoms with E-state index < -0.39 is 0 Å². The first-order chi connectivity index (χ1) is 5.36. The Bertz CT molecular complexity index is 304. The normalized spacial score (nSPS) is 13.9. The molecule has 0 aromatic heterocycles. The van der Waals surface area contributed by atoms with Crippen molar-refractivity contribution in [3.63, 3.8) is 0 Å². The van der Waals surface area contributed by atoms with Crippen LogP contribution in [0.2, 0.25) is 0 Å². The van der Waals surface area contributed by atoms with Crippen LogP contribution in [0.3, 0.4) is 0 Å². The molecule has 1 heterocycles. The standard InChI is InChI=1S/C8H9N3/c1-6-2-3-7-8(4-6)11-10-5-9-7/h2-4,9H,5H2,1H3. The summed E-state index contributed by atoms with van der Waals surface area (Å²) in [7, 11) is 0. The fourth-order valence-electron chi connectivity index (χ4n) is 1.11. The van der Waals surface area contributed by atoms with Gasteiger partial charge in [0.05, 0.1) is 5.69 Å². The maximum absolute atomic E-state index is 4.02. The van der Waals surface area contributed by atoms with Crippen molar-refractivity contribution in [3.8, 4) is 0 Å². The molecule has 1 N–H and O–H groups in total. The van der Waals surface area contributed by atoms with Gasteiger partial charge in [0, 0.05) is 0 Å². The van der Waals surface area contributed by atoms with E-state index in [9.17, 15) is 0 Å². The van der Waals surface area contributed by atoms with Crippen molar-refractivity contribution in [2.24, 2.45) is 10.2 Å². The molecule has 0 saturated heterocycles. The minimum absolute atomic E-state index is 0.593. The molecule has 1 aliphatic heterocycles. The molecule has 3 nitrogen and oxygen atoms in total. The highest BCUT2D eigenvalue weighted by atomic mass is 15.2. The molecule has 56 valence electrons. The summed E-state index contributed by atoms with van der Waals surface area (Å²) in [6.07, 6.45) is 0. The van der Waals surface area contributed by atoms with E-state index in [1.54, 1.807) is 0 Å². The lowest BCUT2D eigenvalue weighted by Crippen LogP contribution is -2.01. The van der Waals surface area contributed by atoms with E-state index in [2.05, 4.69) is 21.6 Å². The minimum Gasteiger partial charge on any atom is -0.363 e. The second kappa shape index (κ2) is 2.34. The van der Waals surface area contributed by atoms with Crippen molar-refractivity contribution in [3.05, 3.63) is 23.8 Å². The fraction of sp³-hybridized carbons (Fsp3) is 0.250. The van der Waals surface area contributed by atoms with Crippen LogP contribution in [0.5, 0.6) is 0 Å². The van der Waals surface area contributed by atoms with Crippen molar-refractivity contribution in [2.75, 3.05) is 12.0 Å². The summed E-state index contributed by atoms with van der Waals surface area (Å²) in [4.78, 5) is 0. The molecule has 0 saturated carbocycles. The maximum atomic E-state index is 4.02. The number of fused-ring (bicyclic) bond motifs is 1. The third-order valence-corrected chi connectivity index (χ3v) is 1.67. The topological polar surface area (TPSA) is 36.8 Å². The predicted molar refractivity (Wildman–Crippen MR) is 44.2 cm³/mol. The van der Waals surface area contributed by atoms with Gasteiger partial charge in [0.1, 0.15) is 12.4 Å². The van der Waals surface area contributed by atoms with Crippen LogP contribution in [-0.4, -0.2) is 6.67 Å². The van der Waals surface area contributed by atoms with Crippen LogP contribution in [0.15, 0.2) is 28.4 Å². The zero-order valence-electron chi connectivity index (χ0n) is 6.33. The Morgan fingerprint density at radius 2 is 2.36 bits per heavy atom. The lowest BCUT2D eigenvalue weighted by atomic mass is 10.2. The Kier molecular flexibility index (Phi) is 1.35. The number of azo groups is 1. The van der Waals surface area contributed by atoms with E-state index in [1.165, 1.54) is 5.56 Å². The Balaban J connectivity index is 2.54. The fourth-order valence-corrected chi connectivity index (χ4v) is 1.11. The quantitative estimate of drug-likeness (QED) is 0.601. The smallest absolute Gasteiger partial charge is 0.129 e. The highest BCUT2D eigenvalue weighted by molar-refractivity contribution is 5.66. The van der Waals surface area contributed by atoms with Crippen LogP contribution in [0.25, 0.3) is 0 Å². The molecule has 0 amide bonds. The summed E-state index contributed by atoms with van der Waals surface area (Å²) < 4.78 is 0. The Hall–Kier alpha value is -1.38. The Labute approximate surface area is 65.2 Å². The SMILES string of the molecule is Cc1ccc2c(c1)N=NCN2. The second-order valence-corrected chi connectivity index (χ2v) is 2.60. The Morgan fingerprint density at radius 3 is 3.27 bits per heavy atom. The van der Waals surface area contributed by atoms with Gasteiger partial charge in [0.25, 0.3) is 0 Å². The highest BCUT2D eigenvalue weighted by Gasteiger charge is 2.03. The second-order valence-electron chi connectivity index (χ2n) is 2.60. The molecule has 1 aromatic carbocycles. The third-order valence-electron chi connectivity index (χ3n) is 1.67. The van der Waals surface area contributed by atoms with Crippen molar-refractivity contribution in [1.29, 1.82) is 0 Å². The van der Waals surface area contributed by atoms with Gasteiger partial charge >= 0.3 is 0 Å². The number of rotatable bonds is 0. The van der Waals surface area contributed by atoms with Crippen molar-refractivity contribution >= 4 is 11.4 Å². The molecule has 1 aromatic rings. The van der Waals surface area contributed by atoms with E-state index in [0.29, 0.717) is 6.67 Å². The zero-order chi connectivity index (χ0) is 7.68. The minimum atomic E-state index is 0.593. The molecular formula is C8H9N3. The van der Waals surface area contributed by atoms with E-state index in [1.807, 2.05) is 19.1 Å².